The van der Waals surface area contributed by atoms with Gasteiger partial charge in [0.05, 0.1) is 10.6 Å². The lowest BCUT2D eigenvalue weighted by atomic mass is 9.77. The van der Waals surface area contributed by atoms with Crippen LogP contribution < -0.4 is 0 Å². The van der Waals surface area contributed by atoms with Gasteiger partial charge < -0.3 is 9.52 Å². The van der Waals surface area contributed by atoms with E-state index in [0.29, 0.717) is 29.3 Å². The minimum atomic E-state index is -0.716. The van der Waals surface area contributed by atoms with Gasteiger partial charge in [0.2, 0.25) is 11.1 Å². The summed E-state index contributed by atoms with van der Waals surface area (Å²) in [5, 5.41) is 9.35. The second-order valence-corrected chi connectivity index (χ2v) is 10.4. The summed E-state index contributed by atoms with van der Waals surface area (Å²) in [7, 11) is 0. The van der Waals surface area contributed by atoms with E-state index in [0.717, 1.165) is 31.2 Å². The lowest BCUT2D eigenvalue weighted by molar-refractivity contribution is -0.138. The first-order valence-electron chi connectivity index (χ1n) is 12.6. The first-order chi connectivity index (χ1) is 17.8. The normalized spacial score (nSPS) is 17.5. The highest BCUT2D eigenvalue weighted by atomic mass is 35.5. The number of ketones is 2. The van der Waals surface area contributed by atoms with Gasteiger partial charge in [-0.05, 0) is 78.8 Å². The maximum Gasteiger partial charge on any atom is 0.303 e. The third-order valence-corrected chi connectivity index (χ3v) is 7.56. The molecule has 1 saturated carbocycles. The third-order valence-electron chi connectivity index (χ3n) is 6.98. The first kappa shape index (κ1) is 27.1. The molecule has 0 atom stereocenters. The molecule has 0 amide bonds. The van der Waals surface area contributed by atoms with Crippen LogP contribution in [0.4, 0.5) is 0 Å². The van der Waals surface area contributed by atoms with Crippen LogP contribution in [0, 0.1) is 5.92 Å². The molecule has 0 aliphatic heterocycles. The number of aliphatic carboxylic acids is 1. The molecule has 1 heterocycles. The van der Waals surface area contributed by atoms with Crippen molar-refractivity contribution in [3.8, 4) is 11.5 Å². The molecule has 1 aliphatic carbocycles. The molecule has 3 aromatic rings. The van der Waals surface area contributed by atoms with Crippen LogP contribution >= 0.6 is 23.2 Å². The van der Waals surface area contributed by atoms with E-state index in [4.69, 9.17) is 32.7 Å². The molecule has 37 heavy (non-hydrogen) atoms. The van der Waals surface area contributed by atoms with E-state index >= 15 is 0 Å². The Balaban J connectivity index is 1.23. The van der Waals surface area contributed by atoms with Crippen LogP contribution in [-0.4, -0.2) is 27.6 Å². The topological polar surface area (TPSA) is 97.5 Å². The number of carbonyl (C=O) groups is 3. The molecule has 0 saturated heterocycles. The molecule has 6 nitrogen and oxygen atoms in total. The summed E-state index contributed by atoms with van der Waals surface area (Å²) in [5.74, 6) is -0.0111. The molecule has 0 radical (unpaired) electrons. The van der Waals surface area contributed by atoms with Crippen LogP contribution in [0.2, 0.25) is 10.2 Å². The largest absolute Gasteiger partial charge is 0.481 e. The maximum atomic E-state index is 12.6. The van der Waals surface area contributed by atoms with Gasteiger partial charge in [-0.2, -0.15) is 0 Å². The predicted octanol–water partition coefficient (Wildman–Crippen LogP) is 7.56. The Morgan fingerprint density at radius 2 is 1.65 bits per heavy atom. The second-order valence-electron chi connectivity index (χ2n) is 9.67. The van der Waals surface area contributed by atoms with Gasteiger partial charge in [-0.3, -0.25) is 14.4 Å². The number of oxazole rings is 1. The molecular weight excluding hydrogens is 513 g/mol. The minimum absolute atomic E-state index is 0.0524. The lowest BCUT2D eigenvalue weighted by Crippen LogP contribution is -2.16. The minimum Gasteiger partial charge on any atom is -0.481 e. The Morgan fingerprint density at radius 3 is 2.32 bits per heavy atom. The Morgan fingerprint density at radius 1 is 0.946 bits per heavy atom. The zero-order valence-corrected chi connectivity index (χ0v) is 21.9. The summed E-state index contributed by atoms with van der Waals surface area (Å²) in [6.07, 6.45) is 5.29. The van der Waals surface area contributed by atoms with Gasteiger partial charge in [0.1, 0.15) is 5.78 Å². The Hall–Kier alpha value is -2.96. The first-order valence-corrected chi connectivity index (χ1v) is 13.3. The predicted molar refractivity (Wildman–Crippen MR) is 142 cm³/mol. The SMILES string of the molecule is O=C(O)CC1CCC(c2ccc(CC(=O)CCCC(=O)c3nc(-c4ccccc4Cl)oc3Cl)cc2)CC1. The second kappa shape index (κ2) is 12.5. The van der Waals surface area contributed by atoms with Crippen molar-refractivity contribution in [2.45, 2.75) is 63.7 Å². The summed E-state index contributed by atoms with van der Waals surface area (Å²) in [6.45, 7) is 0. The molecule has 1 N–H and O–H groups in total. The molecule has 194 valence electrons. The number of rotatable bonds is 11. The number of halogens is 2. The van der Waals surface area contributed by atoms with E-state index in [1.807, 2.05) is 12.1 Å². The number of nitrogens with zero attached hydrogens (tertiary/aromatic N) is 1. The zero-order valence-electron chi connectivity index (χ0n) is 20.4. The van der Waals surface area contributed by atoms with Crippen molar-refractivity contribution in [2.24, 2.45) is 5.92 Å². The van der Waals surface area contributed by atoms with Crippen molar-refractivity contribution in [1.82, 2.24) is 4.98 Å². The summed E-state index contributed by atoms with van der Waals surface area (Å²) in [5.41, 5.74) is 2.80. The molecule has 4 rings (SSSR count). The van der Waals surface area contributed by atoms with E-state index in [1.54, 1.807) is 24.3 Å². The fraction of sp³-hybridized carbons (Fsp3) is 0.379. The van der Waals surface area contributed by atoms with Gasteiger partial charge >= 0.3 is 5.97 Å². The third kappa shape index (κ3) is 7.30. The van der Waals surface area contributed by atoms with Gasteiger partial charge in [-0.15, -0.1) is 0 Å². The Bertz CT molecular complexity index is 1260. The standard InChI is InChI=1S/C29H29Cl2NO5/c30-24-6-2-1-5-23(24)29-32-27(28(31)37-29)25(34)7-3-4-22(33)16-18-8-12-20(13-9-18)21-14-10-19(11-15-21)17-26(35)36/h1-2,5-6,8-9,12-13,19,21H,3-4,7,10-11,14-17H2,(H,35,36). The monoisotopic (exact) mass is 541 g/mol. The quantitative estimate of drug-likeness (QED) is 0.251. The average Bonchev–Trinajstić information content (AvgIpc) is 3.26. The van der Waals surface area contributed by atoms with Crippen LogP contribution in [0.15, 0.2) is 52.9 Å². The highest BCUT2D eigenvalue weighted by Crippen LogP contribution is 2.37. The zero-order chi connectivity index (χ0) is 26.4. The van der Waals surface area contributed by atoms with Gasteiger partial charge in [-0.25, -0.2) is 4.98 Å². The summed E-state index contributed by atoms with van der Waals surface area (Å²) in [4.78, 5) is 40.3. The smallest absolute Gasteiger partial charge is 0.303 e. The van der Waals surface area contributed by atoms with Gasteiger partial charge in [0.25, 0.3) is 0 Å². The molecule has 8 heteroatoms. The Labute approximate surface area is 226 Å². The lowest BCUT2D eigenvalue weighted by Gasteiger charge is -2.28. The number of Topliss-reactive ketones (excluding diaryl/α,β-unsaturated/α-hetero) is 2. The van der Waals surface area contributed by atoms with Crippen molar-refractivity contribution in [1.29, 1.82) is 0 Å². The molecule has 1 fully saturated rings. The van der Waals surface area contributed by atoms with Crippen molar-refractivity contribution < 1.29 is 23.9 Å². The van der Waals surface area contributed by atoms with Crippen molar-refractivity contribution in [3.63, 3.8) is 0 Å². The van der Waals surface area contributed by atoms with Gasteiger partial charge in [0, 0.05) is 25.7 Å². The summed E-state index contributed by atoms with van der Waals surface area (Å²) >= 11 is 12.3. The van der Waals surface area contributed by atoms with Crippen LogP contribution in [0.25, 0.3) is 11.5 Å². The van der Waals surface area contributed by atoms with Gasteiger partial charge in [-0.1, -0.05) is 48.0 Å². The average molecular weight is 542 g/mol. The molecule has 2 aromatic carbocycles. The molecule has 0 bridgehead atoms. The fourth-order valence-electron chi connectivity index (χ4n) is 4.96. The number of benzene rings is 2. The number of hydrogen-bond acceptors (Lipinski definition) is 5. The van der Waals surface area contributed by atoms with E-state index < -0.39 is 5.97 Å². The number of carboxylic acid groups (broad SMARTS) is 1. The van der Waals surface area contributed by atoms with Crippen LogP contribution in [0.1, 0.15) is 78.9 Å². The van der Waals surface area contributed by atoms with Crippen LogP contribution in [0.5, 0.6) is 0 Å². The molecule has 1 aromatic heterocycles. The molecule has 1 aliphatic rings. The highest BCUT2D eigenvalue weighted by molar-refractivity contribution is 6.33. The summed E-state index contributed by atoms with van der Waals surface area (Å²) in [6, 6.07) is 15.1. The highest BCUT2D eigenvalue weighted by Gasteiger charge is 2.24. The summed E-state index contributed by atoms with van der Waals surface area (Å²) < 4.78 is 5.44. The van der Waals surface area contributed by atoms with Crippen LogP contribution in [0.3, 0.4) is 0 Å². The number of hydrogen-bond donors (Lipinski definition) is 1. The van der Waals surface area contributed by atoms with E-state index in [-0.39, 0.29) is 53.6 Å². The van der Waals surface area contributed by atoms with E-state index in [1.165, 1.54) is 5.56 Å². The molecule has 0 unspecified atom stereocenters. The van der Waals surface area contributed by atoms with Crippen LogP contribution in [-0.2, 0) is 16.0 Å². The van der Waals surface area contributed by atoms with Crippen molar-refractivity contribution >= 4 is 40.7 Å². The molecule has 0 spiro atoms. The fourth-order valence-corrected chi connectivity index (χ4v) is 5.40. The van der Waals surface area contributed by atoms with E-state index in [9.17, 15) is 14.4 Å². The Kier molecular flexibility index (Phi) is 9.17. The number of carbonyl (C=O) groups excluding carboxylic acids is 2. The van der Waals surface area contributed by atoms with Crippen molar-refractivity contribution in [2.75, 3.05) is 0 Å². The van der Waals surface area contributed by atoms with Gasteiger partial charge in [0.15, 0.2) is 11.5 Å². The number of aromatic nitrogens is 1. The van der Waals surface area contributed by atoms with Crippen molar-refractivity contribution in [3.05, 3.63) is 75.6 Å². The van der Waals surface area contributed by atoms with E-state index in [2.05, 4.69) is 17.1 Å². The number of carboxylic acids is 1. The molecular formula is C29H29Cl2NO5. The maximum absolute atomic E-state index is 12.6.